The monoisotopic (exact) mass is 343 g/mol. The van der Waals surface area contributed by atoms with Crippen LogP contribution < -0.4 is 5.32 Å². The number of rotatable bonds is 4. The van der Waals surface area contributed by atoms with Gasteiger partial charge in [-0.15, -0.1) is 0 Å². The second kappa shape index (κ2) is 12.6. The summed E-state index contributed by atoms with van der Waals surface area (Å²) in [4.78, 5) is 44.6. The molecule has 0 spiro atoms. The second-order valence-corrected chi connectivity index (χ2v) is 5.68. The van der Waals surface area contributed by atoms with Crippen LogP contribution in [0.2, 0.25) is 0 Å². The zero-order chi connectivity index (χ0) is 18.5. The van der Waals surface area contributed by atoms with Gasteiger partial charge in [-0.2, -0.15) is 0 Å². The Labute approximate surface area is 143 Å². The number of likely N-dealkylation sites (N-methyl/N-ethyl adjacent to an activating group) is 2. The number of amides is 1. The van der Waals surface area contributed by atoms with Crippen LogP contribution in [0, 0.1) is 0 Å². The molecule has 2 heterocycles. The van der Waals surface area contributed by atoms with E-state index in [-0.39, 0.29) is 18.5 Å². The third-order valence-electron chi connectivity index (χ3n) is 3.92. The van der Waals surface area contributed by atoms with Crippen molar-refractivity contribution in [3.63, 3.8) is 0 Å². The van der Waals surface area contributed by atoms with Gasteiger partial charge < -0.3 is 24.9 Å². The Kier molecular flexibility index (Phi) is 11.7. The molecule has 24 heavy (non-hydrogen) atoms. The van der Waals surface area contributed by atoms with E-state index in [1.807, 2.05) is 7.05 Å². The number of aldehydes is 2. The molecule has 0 aromatic carbocycles. The van der Waals surface area contributed by atoms with E-state index in [0.29, 0.717) is 13.0 Å². The largest absolute Gasteiger partial charge is 0.480 e. The lowest BCUT2D eigenvalue weighted by Crippen LogP contribution is -2.43. The van der Waals surface area contributed by atoms with E-state index in [2.05, 4.69) is 10.2 Å². The lowest BCUT2D eigenvalue weighted by Gasteiger charge is -2.20. The average Bonchev–Trinajstić information content (AvgIpc) is 3.17. The van der Waals surface area contributed by atoms with Crippen molar-refractivity contribution in [2.24, 2.45) is 0 Å². The summed E-state index contributed by atoms with van der Waals surface area (Å²) in [6.07, 6.45) is 5.38. The lowest BCUT2D eigenvalue weighted by atomic mass is 10.2. The number of aliphatic carboxylic acids is 1. The van der Waals surface area contributed by atoms with E-state index in [4.69, 9.17) is 9.90 Å². The Morgan fingerprint density at radius 2 is 1.79 bits per heavy atom. The standard InChI is InChI=1S/C8H14N2O3.C6H11NO.C2H4O/c1-9-5-7(11)10-4-2-3-6(10)8(12)13;1-7-4-2-3-6(7)5-8;1-2-3/h6,9H,2-5H2,1H3,(H,12,13);5-6H,2-4H2,1H3;2H,1H3. The molecule has 2 aliphatic heterocycles. The molecule has 1 amide bonds. The minimum atomic E-state index is -0.901. The van der Waals surface area contributed by atoms with Gasteiger partial charge in [0.25, 0.3) is 0 Å². The normalized spacial score (nSPS) is 22.7. The first-order valence-corrected chi connectivity index (χ1v) is 8.15. The maximum atomic E-state index is 11.4. The quantitative estimate of drug-likeness (QED) is 0.679. The smallest absolute Gasteiger partial charge is 0.326 e. The van der Waals surface area contributed by atoms with Gasteiger partial charge in [0.05, 0.1) is 12.6 Å². The highest BCUT2D eigenvalue weighted by molar-refractivity contribution is 5.85. The topological polar surface area (TPSA) is 107 Å². The van der Waals surface area contributed by atoms with E-state index in [0.717, 1.165) is 32.0 Å². The first kappa shape index (κ1) is 22.2. The summed E-state index contributed by atoms with van der Waals surface area (Å²) in [5.41, 5.74) is 0. The number of carboxylic acids is 1. The SMILES string of the molecule is CC=O.CN1CCCC1C=O.CNCC(=O)N1CCCC1C(=O)O. The predicted octanol–water partition coefficient (Wildman–Crippen LogP) is -0.234. The van der Waals surface area contributed by atoms with Crippen molar-refractivity contribution < 1.29 is 24.3 Å². The van der Waals surface area contributed by atoms with Crippen molar-refractivity contribution in [3.8, 4) is 0 Å². The summed E-state index contributed by atoms with van der Waals surface area (Å²) in [6.45, 7) is 3.31. The number of carbonyl (C=O) groups excluding carboxylic acids is 3. The number of nitrogens with zero attached hydrogens (tertiary/aromatic N) is 2. The molecular weight excluding hydrogens is 314 g/mol. The van der Waals surface area contributed by atoms with E-state index < -0.39 is 12.0 Å². The zero-order valence-electron chi connectivity index (χ0n) is 14.7. The van der Waals surface area contributed by atoms with Crippen LogP contribution in [0.15, 0.2) is 0 Å². The molecule has 8 nitrogen and oxygen atoms in total. The van der Waals surface area contributed by atoms with Crippen molar-refractivity contribution in [1.29, 1.82) is 0 Å². The van der Waals surface area contributed by atoms with Crippen LogP contribution in [-0.2, 0) is 19.2 Å². The van der Waals surface area contributed by atoms with E-state index >= 15 is 0 Å². The van der Waals surface area contributed by atoms with Gasteiger partial charge in [0.15, 0.2) is 0 Å². The molecule has 2 N–H and O–H groups in total. The first-order valence-electron chi connectivity index (χ1n) is 8.15. The van der Waals surface area contributed by atoms with Crippen molar-refractivity contribution in [3.05, 3.63) is 0 Å². The predicted molar refractivity (Wildman–Crippen MR) is 89.8 cm³/mol. The molecule has 0 aliphatic carbocycles. The fourth-order valence-electron chi connectivity index (χ4n) is 2.68. The summed E-state index contributed by atoms with van der Waals surface area (Å²) in [7, 11) is 3.66. The van der Waals surface area contributed by atoms with Gasteiger partial charge in [-0.05, 0) is 53.2 Å². The second-order valence-electron chi connectivity index (χ2n) is 5.68. The molecule has 0 aromatic heterocycles. The molecule has 138 valence electrons. The highest BCUT2D eigenvalue weighted by Gasteiger charge is 2.33. The molecule has 2 saturated heterocycles. The maximum Gasteiger partial charge on any atom is 0.326 e. The molecule has 2 unspecified atom stereocenters. The Bertz CT molecular complexity index is 417. The molecule has 0 radical (unpaired) electrons. The minimum absolute atomic E-state index is 0.132. The van der Waals surface area contributed by atoms with Gasteiger partial charge in [0, 0.05) is 6.54 Å². The van der Waals surface area contributed by atoms with Gasteiger partial charge in [0.2, 0.25) is 5.91 Å². The molecule has 8 heteroatoms. The molecule has 2 rings (SSSR count). The minimum Gasteiger partial charge on any atom is -0.480 e. The zero-order valence-corrected chi connectivity index (χ0v) is 14.7. The number of carboxylic acid groups (broad SMARTS) is 1. The fraction of sp³-hybridized carbons (Fsp3) is 0.750. The van der Waals surface area contributed by atoms with Crippen molar-refractivity contribution in [2.75, 3.05) is 33.7 Å². The van der Waals surface area contributed by atoms with Crippen molar-refractivity contribution in [1.82, 2.24) is 15.1 Å². The van der Waals surface area contributed by atoms with Gasteiger partial charge in [-0.25, -0.2) is 4.79 Å². The first-order chi connectivity index (χ1) is 11.4. The van der Waals surface area contributed by atoms with Gasteiger partial charge >= 0.3 is 5.97 Å². The number of carbonyl (C=O) groups is 4. The fourth-order valence-corrected chi connectivity index (χ4v) is 2.68. The molecule has 0 aromatic rings. The van der Waals surface area contributed by atoms with Crippen LogP contribution in [0.25, 0.3) is 0 Å². The van der Waals surface area contributed by atoms with E-state index in [1.54, 1.807) is 7.05 Å². The number of hydrogen-bond donors (Lipinski definition) is 2. The van der Waals surface area contributed by atoms with E-state index in [1.165, 1.54) is 18.2 Å². The number of likely N-dealkylation sites (tertiary alicyclic amines) is 2. The molecule has 2 aliphatic rings. The molecule has 0 saturated carbocycles. The van der Waals surface area contributed by atoms with Crippen molar-refractivity contribution >= 4 is 24.4 Å². The third kappa shape index (κ3) is 7.65. The summed E-state index contributed by atoms with van der Waals surface area (Å²) >= 11 is 0. The van der Waals surface area contributed by atoms with Crippen LogP contribution >= 0.6 is 0 Å². The highest BCUT2D eigenvalue weighted by atomic mass is 16.4. The number of hydrogen-bond acceptors (Lipinski definition) is 6. The Balaban J connectivity index is 0.000000409. The number of nitrogens with one attached hydrogen (secondary N) is 1. The molecule has 2 fully saturated rings. The van der Waals surface area contributed by atoms with Crippen LogP contribution in [0.1, 0.15) is 32.6 Å². The molecule has 0 bridgehead atoms. The summed E-state index contributed by atoms with van der Waals surface area (Å²) in [5, 5.41) is 11.5. The summed E-state index contributed by atoms with van der Waals surface area (Å²) in [6, 6.07) is -0.393. The van der Waals surface area contributed by atoms with Crippen LogP contribution in [0.5, 0.6) is 0 Å². The Morgan fingerprint density at radius 1 is 1.21 bits per heavy atom. The van der Waals surface area contributed by atoms with E-state index in [9.17, 15) is 14.4 Å². The average molecular weight is 343 g/mol. The lowest BCUT2D eigenvalue weighted by molar-refractivity contribution is -0.147. The Morgan fingerprint density at radius 3 is 2.17 bits per heavy atom. The Hall–Kier alpha value is -1.80. The summed E-state index contributed by atoms with van der Waals surface area (Å²) in [5.74, 6) is -1.03. The van der Waals surface area contributed by atoms with Crippen LogP contribution in [0.4, 0.5) is 0 Å². The summed E-state index contributed by atoms with van der Waals surface area (Å²) < 4.78 is 0. The molecule has 2 atom stereocenters. The van der Waals surface area contributed by atoms with Gasteiger partial charge in [-0.3, -0.25) is 9.69 Å². The van der Waals surface area contributed by atoms with Crippen molar-refractivity contribution in [2.45, 2.75) is 44.7 Å². The van der Waals surface area contributed by atoms with Crippen LogP contribution in [-0.4, -0.2) is 85.2 Å². The van der Waals surface area contributed by atoms with Gasteiger partial charge in [0.1, 0.15) is 18.6 Å². The third-order valence-corrected chi connectivity index (χ3v) is 3.92. The van der Waals surface area contributed by atoms with Crippen LogP contribution in [0.3, 0.4) is 0 Å². The molecular formula is C16H29N3O5. The maximum absolute atomic E-state index is 11.4. The highest BCUT2D eigenvalue weighted by Crippen LogP contribution is 2.17. The van der Waals surface area contributed by atoms with Gasteiger partial charge in [-0.1, -0.05) is 0 Å².